The molecular weight excluding hydrogens is 336 g/mol. The maximum Gasteiger partial charge on any atom is 0.230 e. The zero-order valence-corrected chi connectivity index (χ0v) is 14.2. The Kier molecular flexibility index (Phi) is 6.49. The van der Waals surface area contributed by atoms with E-state index in [1.165, 1.54) is 11.8 Å². The van der Waals surface area contributed by atoms with Crippen molar-refractivity contribution in [2.45, 2.75) is 11.8 Å². The molecule has 0 saturated carbocycles. The highest BCUT2D eigenvalue weighted by atomic mass is 35.5. The third kappa shape index (κ3) is 5.30. The molecule has 1 amide bonds. The Morgan fingerprint density at radius 3 is 2.87 bits per heavy atom. The van der Waals surface area contributed by atoms with Crippen LogP contribution in [0.1, 0.15) is 5.82 Å². The van der Waals surface area contributed by atoms with E-state index in [0.29, 0.717) is 28.3 Å². The van der Waals surface area contributed by atoms with Crippen molar-refractivity contribution < 1.29 is 9.53 Å². The molecule has 0 aliphatic rings. The first kappa shape index (κ1) is 17.4. The summed E-state index contributed by atoms with van der Waals surface area (Å²) in [4.78, 5) is 11.6. The van der Waals surface area contributed by atoms with E-state index in [-0.39, 0.29) is 18.3 Å². The summed E-state index contributed by atoms with van der Waals surface area (Å²) in [6, 6.07) is 7.10. The van der Waals surface area contributed by atoms with Crippen LogP contribution in [0.5, 0.6) is 5.75 Å². The van der Waals surface area contributed by atoms with Crippen LogP contribution in [0.3, 0.4) is 0 Å². The lowest BCUT2D eigenvalue weighted by Crippen LogP contribution is -2.25. The predicted octanol–water partition coefficient (Wildman–Crippen LogP) is 2.44. The van der Waals surface area contributed by atoms with Gasteiger partial charge >= 0.3 is 0 Å². The Hall–Kier alpha value is -1.99. The molecule has 0 radical (unpaired) electrons. The van der Waals surface area contributed by atoms with Gasteiger partial charge < -0.3 is 14.6 Å². The van der Waals surface area contributed by atoms with E-state index in [2.05, 4.69) is 22.1 Å². The number of hydrogen-bond donors (Lipinski definition) is 1. The van der Waals surface area contributed by atoms with Crippen molar-refractivity contribution in [3.05, 3.63) is 47.8 Å². The van der Waals surface area contributed by atoms with Crippen LogP contribution in [0.4, 0.5) is 0 Å². The van der Waals surface area contributed by atoms with E-state index < -0.39 is 0 Å². The van der Waals surface area contributed by atoms with Gasteiger partial charge in [-0.15, -0.1) is 16.8 Å². The van der Waals surface area contributed by atoms with Gasteiger partial charge in [0.1, 0.15) is 12.4 Å². The van der Waals surface area contributed by atoms with Gasteiger partial charge in [-0.3, -0.25) is 4.79 Å². The molecule has 2 aromatic rings. The lowest BCUT2D eigenvalue weighted by atomic mass is 10.3. The first-order chi connectivity index (χ1) is 11.1. The molecule has 2 rings (SSSR count). The third-order valence-electron chi connectivity index (χ3n) is 2.88. The molecule has 1 heterocycles. The smallest absolute Gasteiger partial charge is 0.230 e. The van der Waals surface area contributed by atoms with Crippen molar-refractivity contribution in [2.75, 3.05) is 12.3 Å². The number of nitrogens with one attached hydrogen (secondary N) is 1. The molecule has 0 atom stereocenters. The van der Waals surface area contributed by atoms with Gasteiger partial charge in [0.15, 0.2) is 11.0 Å². The average Bonchev–Trinajstić information content (AvgIpc) is 2.90. The van der Waals surface area contributed by atoms with Crippen molar-refractivity contribution in [2.24, 2.45) is 7.05 Å². The summed E-state index contributed by atoms with van der Waals surface area (Å²) in [7, 11) is 1.84. The second kappa shape index (κ2) is 8.59. The fourth-order valence-electron chi connectivity index (χ4n) is 1.64. The second-order valence-corrected chi connectivity index (χ2v) is 5.96. The van der Waals surface area contributed by atoms with Crippen LogP contribution in [0.15, 0.2) is 42.1 Å². The van der Waals surface area contributed by atoms with E-state index >= 15 is 0 Å². The van der Waals surface area contributed by atoms with Gasteiger partial charge in [0, 0.05) is 18.6 Å². The zero-order valence-electron chi connectivity index (χ0n) is 12.7. The SMILES string of the molecule is C=CCNC(=O)CSc1nnc(COc2ccc(Cl)cc2)n1C. The molecule has 0 fully saturated rings. The van der Waals surface area contributed by atoms with Gasteiger partial charge in [-0.05, 0) is 24.3 Å². The number of carbonyl (C=O) groups excluding carboxylic acids is 1. The molecule has 23 heavy (non-hydrogen) atoms. The Bertz CT molecular complexity index is 673. The Balaban J connectivity index is 1.87. The normalized spacial score (nSPS) is 10.3. The van der Waals surface area contributed by atoms with Gasteiger partial charge in [-0.2, -0.15) is 0 Å². The molecule has 122 valence electrons. The van der Waals surface area contributed by atoms with E-state index in [4.69, 9.17) is 16.3 Å². The largest absolute Gasteiger partial charge is 0.486 e. The van der Waals surface area contributed by atoms with E-state index in [9.17, 15) is 4.79 Å². The first-order valence-electron chi connectivity index (χ1n) is 6.87. The van der Waals surface area contributed by atoms with E-state index in [0.717, 1.165) is 0 Å². The minimum Gasteiger partial charge on any atom is -0.486 e. The number of ether oxygens (including phenoxy) is 1. The van der Waals surface area contributed by atoms with Crippen LogP contribution in [-0.2, 0) is 18.4 Å². The van der Waals surface area contributed by atoms with Crippen molar-refractivity contribution in [1.82, 2.24) is 20.1 Å². The third-order valence-corrected chi connectivity index (χ3v) is 4.15. The fraction of sp³-hybridized carbons (Fsp3) is 0.267. The molecule has 0 saturated heterocycles. The van der Waals surface area contributed by atoms with Crippen LogP contribution in [0, 0.1) is 0 Å². The summed E-state index contributed by atoms with van der Waals surface area (Å²) in [5.74, 6) is 1.58. The highest BCUT2D eigenvalue weighted by Crippen LogP contribution is 2.18. The highest BCUT2D eigenvalue weighted by molar-refractivity contribution is 7.99. The number of halogens is 1. The Labute approximate surface area is 143 Å². The minimum atomic E-state index is -0.0723. The number of carbonyl (C=O) groups is 1. The second-order valence-electron chi connectivity index (χ2n) is 4.58. The lowest BCUT2D eigenvalue weighted by molar-refractivity contribution is -0.118. The summed E-state index contributed by atoms with van der Waals surface area (Å²) in [5, 5.41) is 12.2. The molecular formula is C15H17ClN4O2S. The average molecular weight is 353 g/mol. The molecule has 1 aromatic heterocycles. The van der Waals surface area contributed by atoms with Crippen LogP contribution >= 0.6 is 23.4 Å². The monoisotopic (exact) mass is 352 g/mol. The summed E-state index contributed by atoms with van der Waals surface area (Å²) in [6.07, 6.45) is 1.64. The maximum atomic E-state index is 11.6. The van der Waals surface area contributed by atoms with Gasteiger partial charge in [-0.1, -0.05) is 29.4 Å². The van der Waals surface area contributed by atoms with Crippen LogP contribution < -0.4 is 10.1 Å². The number of thioether (sulfide) groups is 1. The number of amides is 1. The predicted molar refractivity (Wildman–Crippen MR) is 90.7 cm³/mol. The Morgan fingerprint density at radius 2 is 2.17 bits per heavy atom. The van der Waals surface area contributed by atoms with Crippen molar-refractivity contribution in [1.29, 1.82) is 0 Å². The van der Waals surface area contributed by atoms with Gasteiger partial charge in [0.05, 0.1) is 5.75 Å². The summed E-state index contributed by atoms with van der Waals surface area (Å²) in [5.41, 5.74) is 0. The molecule has 0 spiro atoms. The van der Waals surface area contributed by atoms with Crippen molar-refractivity contribution in [3.63, 3.8) is 0 Å². The molecule has 1 aromatic carbocycles. The molecule has 0 aliphatic carbocycles. The number of hydrogen-bond acceptors (Lipinski definition) is 5. The maximum absolute atomic E-state index is 11.6. The molecule has 0 aliphatic heterocycles. The van der Waals surface area contributed by atoms with Crippen molar-refractivity contribution in [3.8, 4) is 5.75 Å². The molecule has 6 nitrogen and oxygen atoms in total. The molecule has 0 bridgehead atoms. The Morgan fingerprint density at radius 1 is 1.43 bits per heavy atom. The van der Waals surface area contributed by atoms with Crippen LogP contribution in [0.25, 0.3) is 0 Å². The molecule has 1 N–H and O–H groups in total. The van der Waals surface area contributed by atoms with Crippen molar-refractivity contribution >= 4 is 29.3 Å². The quantitative estimate of drug-likeness (QED) is 0.583. The molecule has 8 heteroatoms. The van der Waals surface area contributed by atoms with Gasteiger partial charge in [0.2, 0.25) is 5.91 Å². The minimum absolute atomic E-state index is 0.0723. The van der Waals surface area contributed by atoms with Crippen LogP contribution in [0.2, 0.25) is 5.02 Å². The fourth-order valence-corrected chi connectivity index (χ4v) is 2.53. The standard InChI is InChI=1S/C15H17ClN4O2S/c1-3-8-17-14(21)10-23-15-19-18-13(20(15)2)9-22-12-6-4-11(16)5-7-12/h3-7H,1,8-10H2,2H3,(H,17,21). The topological polar surface area (TPSA) is 69.0 Å². The van der Waals surface area contributed by atoms with Gasteiger partial charge in [0.25, 0.3) is 0 Å². The molecule has 0 unspecified atom stereocenters. The van der Waals surface area contributed by atoms with E-state index in [1.807, 2.05) is 7.05 Å². The zero-order chi connectivity index (χ0) is 16.7. The summed E-state index contributed by atoms with van der Waals surface area (Å²) < 4.78 is 7.45. The lowest BCUT2D eigenvalue weighted by Gasteiger charge is -2.06. The number of nitrogens with zero attached hydrogens (tertiary/aromatic N) is 3. The van der Waals surface area contributed by atoms with Crippen LogP contribution in [-0.4, -0.2) is 33.0 Å². The number of rotatable bonds is 8. The first-order valence-corrected chi connectivity index (χ1v) is 8.23. The van der Waals surface area contributed by atoms with Gasteiger partial charge in [-0.25, -0.2) is 0 Å². The number of aromatic nitrogens is 3. The highest BCUT2D eigenvalue weighted by Gasteiger charge is 2.11. The summed E-state index contributed by atoms with van der Waals surface area (Å²) >= 11 is 7.15. The number of benzene rings is 1. The van der Waals surface area contributed by atoms with E-state index in [1.54, 1.807) is 34.9 Å². The summed E-state index contributed by atoms with van der Waals surface area (Å²) in [6.45, 7) is 4.29.